The molecule has 0 N–H and O–H groups in total. The van der Waals surface area contributed by atoms with Crippen molar-refractivity contribution in [3.8, 4) is 0 Å². The fraction of sp³-hybridized carbons (Fsp3) is 0.833. The maximum Gasteiger partial charge on any atom is 0.404 e. The van der Waals surface area contributed by atoms with E-state index in [1.165, 1.54) is 0 Å². The van der Waals surface area contributed by atoms with E-state index in [2.05, 4.69) is 59.7 Å². The monoisotopic (exact) mass is 440 g/mol. The predicted molar refractivity (Wildman–Crippen MR) is 101 cm³/mol. The lowest BCUT2D eigenvalue weighted by molar-refractivity contribution is -0.920. The van der Waals surface area contributed by atoms with Gasteiger partial charge in [-0.2, -0.15) is 31.5 Å². The second-order valence-corrected chi connectivity index (χ2v) is 10.8. The average molecular weight is 442 g/mol. The summed E-state index contributed by atoms with van der Waals surface area (Å²) >= 11 is 7.81. The Labute approximate surface area is 150 Å². The number of amides is 2. The molecule has 0 radical (unpaired) electrons. The molecular weight excluding hydrogens is 414 g/mol. The van der Waals surface area contributed by atoms with Gasteiger partial charge in [0.05, 0.1) is 0 Å². The summed E-state index contributed by atoms with van der Waals surface area (Å²) in [5, 5.41) is -2.50. The Bertz CT molecular complexity index is 442. The summed E-state index contributed by atoms with van der Waals surface area (Å²) < 4.78 is 1.21. The van der Waals surface area contributed by atoms with Crippen molar-refractivity contribution in [1.82, 2.24) is 9.80 Å². The average Bonchev–Trinajstić information content (AvgIpc) is 2.36. The molecule has 1 rings (SSSR count). The summed E-state index contributed by atoms with van der Waals surface area (Å²) in [4.78, 5) is 27.8. The minimum Gasteiger partial charge on any atom is -0.599 e. The number of carbonyl (C=O) groups is 2. The van der Waals surface area contributed by atoms with E-state index in [4.69, 9.17) is 0 Å². The smallest absolute Gasteiger partial charge is 0.404 e. The zero-order valence-corrected chi connectivity index (χ0v) is 18.1. The molecule has 0 bridgehead atoms. The van der Waals surface area contributed by atoms with Crippen LogP contribution in [0.25, 0.3) is 0 Å². The first-order valence-corrected chi connectivity index (χ1v) is 9.26. The summed E-state index contributed by atoms with van der Waals surface area (Å²) in [6, 6.07) is 0. The van der Waals surface area contributed by atoms with Gasteiger partial charge in [0.25, 0.3) is 0 Å². The molecule has 0 atom stereocenters. The quantitative estimate of drug-likeness (QED) is 0.611. The predicted octanol–water partition coefficient (Wildman–Crippen LogP) is 0.997. The second-order valence-electron chi connectivity index (χ2n) is 7.90. The van der Waals surface area contributed by atoms with Crippen molar-refractivity contribution in [3.05, 3.63) is 0 Å². The van der Waals surface area contributed by atoms with Gasteiger partial charge in [-0.15, -0.1) is 0 Å². The van der Waals surface area contributed by atoms with Gasteiger partial charge < -0.3 is 18.4 Å². The third-order valence-corrected chi connectivity index (χ3v) is 10.8. The molecule has 0 aliphatic carbocycles. The summed E-state index contributed by atoms with van der Waals surface area (Å²) in [5.74, 6) is 0.192. The molecule has 6 nitrogen and oxygen atoms in total. The summed E-state index contributed by atoms with van der Waals surface area (Å²) in [7, 11) is 15.5. The van der Waals surface area contributed by atoms with Crippen molar-refractivity contribution < 1.29 is 18.2 Å². The van der Waals surface area contributed by atoms with Crippen molar-refractivity contribution in [3.63, 3.8) is 0 Å². The number of carbonyl (C=O) groups excluding carboxylic acids is 2. The van der Waals surface area contributed by atoms with E-state index in [1.807, 2.05) is 0 Å². The van der Waals surface area contributed by atoms with Crippen LogP contribution in [0.1, 0.15) is 0 Å². The third kappa shape index (κ3) is 2.46. The lowest BCUT2D eigenvalue weighted by Crippen LogP contribution is -3.02. The Morgan fingerprint density at radius 3 is 1.18 bits per heavy atom. The van der Waals surface area contributed by atoms with Crippen LogP contribution < -0.4 is 0 Å². The van der Waals surface area contributed by atoms with Crippen LogP contribution in [-0.4, -0.2) is 97.1 Å². The van der Waals surface area contributed by atoms with Crippen molar-refractivity contribution in [2.75, 3.05) is 56.4 Å². The van der Waals surface area contributed by atoms with Crippen molar-refractivity contribution in [2.45, 2.75) is 12.6 Å². The summed E-state index contributed by atoms with van der Waals surface area (Å²) in [5.41, 5.74) is 0. The lowest BCUT2D eigenvalue weighted by Gasteiger charge is -2.88. The topological polar surface area (TPSA) is 40.6 Å². The van der Waals surface area contributed by atoms with E-state index < -0.39 is 10.5 Å². The zero-order valence-electron chi connectivity index (χ0n) is 14.9. The lowest BCUT2D eigenvalue weighted by atomic mass is 9.34. The van der Waals surface area contributed by atoms with Crippen molar-refractivity contribution in [2.24, 2.45) is 0 Å². The molecule has 10 heteroatoms. The van der Waals surface area contributed by atoms with Crippen LogP contribution in [-0.2, 0) is 9.59 Å². The molecule has 22 heavy (non-hydrogen) atoms. The largest absolute Gasteiger partial charge is 0.599 e. The van der Waals surface area contributed by atoms with Gasteiger partial charge in [0.2, 0.25) is 11.8 Å². The fourth-order valence-corrected chi connectivity index (χ4v) is 6.67. The highest BCUT2D eigenvalue weighted by atomic mass is 79.9. The van der Waals surface area contributed by atoms with Gasteiger partial charge in [-0.05, 0) is 28.2 Å². The molecule has 0 aromatic rings. The molecule has 2 amide bonds. The highest BCUT2D eigenvalue weighted by molar-refractivity contribution is 9.27. The summed E-state index contributed by atoms with van der Waals surface area (Å²) in [6.45, 7) is 0. The second kappa shape index (κ2) is 5.79. The molecular formula is C12H28B2Br2N4O2. The molecule has 0 unspecified atom stereocenters. The highest BCUT2D eigenvalue weighted by Gasteiger charge is 2.74. The fourth-order valence-electron chi connectivity index (χ4n) is 3.91. The van der Waals surface area contributed by atoms with Crippen LogP contribution in [0, 0.1) is 0 Å². The van der Waals surface area contributed by atoms with E-state index in [0.29, 0.717) is 21.3 Å². The van der Waals surface area contributed by atoms with Gasteiger partial charge in [-0.3, -0.25) is 9.59 Å². The molecule has 0 spiro atoms. The molecule has 0 saturated carbocycles. The third-order valence-electron chi connectivity index (χ3n) is 5.95. The van der Waals surface area contributed by atoms with Crippen LogP contribution in [0.4, 0.5) is 0 Å². The van der Waals surface area contributed by atoms with Crippen molar-refractivity contribution >= 4 is 53.8 Å². The zero-order chi connectivity index (χ0) is 17.7. The number of quaternary nitrogens is 2. The Kier molecular flexibility index (Phi) is 5.26. The van der Waals surface area contributed by atoms with Crippen LogP contribution in [0.15, 0.2) is 0 Å². The minimum absolute atomic E-state index is 0.0959. The van der Waals surface area contributed by atoms with Crippen molar-refractivity contribution in [1.29, 1.82) is 0 Å². The molecule has 1 aliphatic rings. The van der Waals surface area contributed by atoms with Gasteiger partial charge in [-0.25, -0.2) is 0 Å². The van der Waals surface area contributed by atoms with E-state index in [-0.39, 0.29) is 11.8 Å². The van der Waals surface area contributed by atoms with E-state index in [1.54, 1.807) is 38.0 Å². The Balaban J connectivity index is 3.18. The molecule has 128 valence electrons. The van der Waals surface area contributed by atoms with Gasteiger partial charge in [0, 0.05) is 40.8 Å². The Morgan fingerprint density at radius 2 is 1.00 bits per heavy atom. The van der Waals surface area contributed by atoms with Crippen LogP contribution in [0.2, 0.25) is 12.6 Å². The number of nitrogens with zero attached hydrogens (tertiary/aromatic N) is 4. The van der Waals surface area contributed by atoms with Crippen LogP contribution >= 0.6 is 31.5 Å². The molecule has 1 fully saturated rings. The number of hydrogen-bond donors (Lipinski definition) is 0. The van der Waals surface area contributed by atoms with Gasteiger partial charge in [0.15, 0.2) is 0 Å². The Hall–Kier alpha value is -0.0501. The number of halogens is 2. The van der Waals surface area contributed by atoms with Gasteiger partial charge in [-0.1, -0.05) is 0 Å². The molecule has 1 aliphatic heterocycles. The summed E-state index contributed by atoms with van der Waals surface area (Å²) in [6.07, 6.45) is 0.858. The van der Waals surface area contributed by atoms with E-state index in [9.17, 15) is 9.59 Å². The number of rotatable bonds is 4. The van der Waals surface area contributed by atoms with Gasteiger partial charge in [0.1, 0.15) is 0 Å². The standard InChI is InChI=1S/C12H28B2Br2N4O2/c1-17(2)11(21)9-13(15)19(5,6)14(16,20(13,7)8)10-12(22)18(3)4/h9-10H2,1-8H3. The highest BCUT2D eigenvalue weighted by Crippen LogP contribution is 2.57. The number of hydrogen-bond acceptors (Lipinski definition) is 2. The Morgan fingerprint density at radius 1 is 0.773 bits per heavy atom. The minimum atomic E-state index is -1.25. The first-order chi connectivity index (χ1) is 9.65. The first kappa shape index (κ1) is 20.0. The maximum absolute atomic E-state index is 12.3. The van der Waals surface area contributed by atoms with Crippen LogP contribution in [0.5, 0.6) is 0 Å². The normalized spacial score (nSPS) is 32.1. The molecule has 0 aromatic carbocycles. The van der Waals surface area contributed by atoms with Crippen LogP contribution in [0.3, 0.4) is 0 Å². The first-order valence-electron chi connectivity index (χ1n) is 7.43. The van der Waals surface area contributed by atoms with Gasteiger partial charge >= 0.3 is 10.5 Å². The maximum atomic E-state index is 12.3. The molecule has 1 saturated heterocycles. The van der Waals surface area contributed by atoms with E-state index >= 15 is 0 Å². The molecule has 0 aromatic heterocycles. The SMILES string of the molecule is CN(C)C(=O)C[B-]1(Br)[N+](C)(C)[B-](Br)(CC(=O)N(C)C)[N+]1(C)C. The molecule has 1 heterocycles. The van der Waals surface area contributed by atoms with E-state index in [0.717, 1.165) is 0 Å².